The summed E-state index contributed by atoms with van der Waals surface area (Å²) in [5.74, 6) is -1.59. The van der Waals surface area contributed by atoms with Crippen LogP contribution in [-0.4, -0.2) is 46.5 Å². The van der Waals surface area contributed by atoms with Gasteiger partial charge in [-0.2, -0.15) is 0 Å². The van der Waals surface area contributed by atoms with Crippen LogP contribution in [0.4, 0.5) is 18.0 Å². The Hall–Kier alpha value is -3.04. The van der Waals surface area contributed by atoms with Crippen LogP contribution in [0.25, 0.3) is 22.2 Å². The van der Waals surface area contributed by atoms with E-state index in [1.165, 1.54) is 25.1 Å². The number of carbonyl (C=O) groups is 1. The second kappa shape index (κ2) is 9.07. The average Bonchev–Trinajstić information content (AvgIpc) is 3.12. The average molecular weight is 461 g/mol. The number of benzene rings is 2. The maximum absolute atomic E-state index is 14.5. The molecular weight excluding hydrogens is 435 g/mol. The van der Waals surface area contributed by atoms with Crippen LogP contribution in [0.1, 0.15) is 31.2 Å². The summed E-state index contributed by atoms with van der Waals surface area (Å²) < 4.78 is 41.9. The summed E-state index contributed by atoms with van der Waals surface area (Å²) in [7, 11) is 0. The Bertz CT molecular complexity index is 1150. The summed E-state index contributed by atoms with van der Waals surface area (Å²) in [5, 5.41) is 24.3. The molecule has 6 nitrogen and oxygen atoms in total. The Kier molecular flexibility index (Phi) is 6.36. The van der Waals surface area contributed by atoms with Crippen LogP contribution in [0.2, 0.25) is 0 Å². The molecule has 2 amide bonds. The number of hydrogen-bond acceptors (Lipinski definition) is 3. The van der Waals surface area contributed by atoms with Crippen molar-refractivity contribution in [1.82, 2.24) is 15.6 Å². The fourth-order valence-corrected chi connectivity index (χ4v) is 4.33. The largest absolute Gasteiger partial charge is 0.394 e. The van der Waals surface area contributed by atoms with E-state index in [-0.39, 0.29) is 23.2 Å². The van der Waals surface area contributed by atoms with Crippen LogP contribution in [0.5, 0.6) is 0 Å². The first-order valence-corrected chi connectivity index (χ1v) is 10.8. The molecule has 0 atom stereocenters. The van der Waals surface area contributed by atoms with Gasteiger partial charge in [-0.15, -0.1) is 0 Å². The zero-order chi connectivity index (χ0) is 23.8. The zero-order valence-corrected chi connectivity index (χ0v) is 18.1. The number of H-pyrrole nitrogens is 1. The topological polar surface area (TPSA) is 97.4 Å². The van der Waals surface area contributed by atoms with E-state index in [1.54, 1.807) is 12.1 Å². The van der Waals surface area contributed by atoms with Crippen LogP contribution in [0.15, 0.2) is 36.4 Å². The molecule has 1 aliphatic rings. The first kappa shape index (κ1) is 23.1. The third-order valence-corrected chi connectivity index (χ3v) is 6.31. The quantitative estimate of drug-likeness (QED) is 0.370. The smallest absolute Gasteiger partial charge is 0.315 e. The molecule has 9 heteroatoms. The highest BCUT2D eigenvalue weighted by molar-refractivity contribution is 5.92. The van der Waals surface area contributed by atoms with Crippen LogP contribution in [0.3, 0.4) is 0 Å². The molecule has 1 fully saturated rings. The fourth-order valence-electron chi connectivity index (χ4n) is 4.33. The summed E-state index contributed by atoms with van der Waals surface area (Å²) in [5.41, 5.74) is 1.18. The predicted molar refractivity (Wildman–Crippen MR) is 118 cm³/mol. The minimum atomic E-state index is -1.12. The van der Waals surface area contributed by atoms with Crippen LogP contribution < -0.4 is 10.6 Å². The highest BCUT2D eigenvalue weighted by Crippen LogP contribution is 2.48. The van der Waals surface area contributed by atoms with E-state index < -0.39 is 36.4 Å². The normalized spacial score (nSPS) is 18.2. The number of aromatic nitrogens is 1. The van der Waals surface area contributed by atoms with Gasteiger partial charge in [0.05, 0.1) is 30.0 Å². The number of nitrogens with one attached hydrogen (secondary N) is 3. The molecule has 0 aliphatic heterocycles. The van der Waals surface area contributed by atoms with Crippen molar-refractivity contribution in [3.63, 3.8) is 0 Å². The number of fused-ring (bicyclic) bond motifs is 1. The van der Waals surface area contributed by atoms with Crippen molar-refractivity contribution in [3.05, 3.63) is 59.4 Å². The predicted octanol–water partition coefficient (Wildman–Crippen LogP) is 3.79. The van der Waals surface area contributed by atoms with Gasteiger partial charge in [0, 0.05) is 18.0 Å². The number of urea groups is 1. The van der Waals surface area contributed by atoms with Crippen molar-refractivity contribution in [2.24, 2.45) is 5.92 Å². The Labute approximate surface area is 188 Å². The number of carbonyl (C=O) groups excluding carboxylic acids is 1. The van der Waals surface area contributed by atoms with E-state index in [0.29, 0.717) is 36.0 Å². The minimum absolute atomic E-state index is 0.00927. The molecular formula is C24H26F3N3O3. The fraction of sp³-hybridized carbons (Fsp3) is 0.375. The first-order valence-electron chi connectivity index (χ1n) is 10.8. The van der Waals surface area contributed by atoms with Gasteiger partial charge in [0.25, 0.3) is 0 Å². The summed E-state index contributed by atoms with van der Waals surface area (Å²) in [6, 6.07) is 7.47. The molecule has 176 valence electrons. The summed E-state index contributed by atoms with van der Waals surface area (Å²) in [6.45, 7) is 1.11. The molecule has 1 aromatic heterocycles. The van der Waals surface area contributed by atoms with Gasteiger partial charge in [-0.05, 0) is 73.1 Å². The molecule has 0 bridgehead atoms. The molecule has 0 radical (unpaired) electrons. The lowest BCUT2D eigenvalue weighted by atomic mass is 9.70. The van der Waals surface area contributed by atoms with Crippen molar-refractivity contribution >= 4 is 16.9 Å². The Morgan fingerprint density at radius 2 is 1.76 bits per heavy atom. The number of aliphatic hydroxyl groups is 2. The number of aromatic amines is 1. The molecule has 0 saturated heterocycles. The van der Waals surface area contributed by atoms with E-state index >= 15 is 0 Å². The Morgan fingerprint density at radius 3 is 2.39 bits per heavy atom. The molecule has 4 rings (SSSR count). The van der Waals surface area contributed by atoms with E-state index in [4.69, 9.17) is 0 Å². The van der Waals surface area contributed by atoms with Gasteiger partial charge in [0.15, 0.2) is 0 Å². The molecule has 2 aromatic carbocycles. The maximum Gasteiger partial charge on any atom is 0.315 e. The molecule has 1 heterocycles. The minimum Gasteiger partial charge on any atom is -0.394 e. The number of halogens is 3. The van der Waals surface area contributed by atoms with Crippen LogP contribution >= 0.6 is 0 Å². The van der Waals surface area contributed by atoms with Crippen molar-refractivity contribution in [1.29, 1.82) is 0 Å². The molecule has 1 aliphatic carbocycles. The zero-order valence-electron chi connectivity index (χ0n) is 18.1. The Balaban J connectivity index is 1.52. The van der Waals surface area contributed by atoms with Gasteiger partial charge in [0.1, 0.15) is 17.5 Å². The monoisotopic (exact) mass is 461 g/mol. The maximum atomic E-state index is 14.5. The molecule has 0 unspecified atom stereocenters. The van der Waals surface area contributed by atoms with Crippen molar-refractivity contribution in [3.8, 4) is 11.3 Å². The lowest BCUT2D eigenvalue weighted by molar-refractivity contribution is 0.108. The van der Waals surface area contributed by atoms with E-state index in [9.17, 15) is 28.2 Å². The summed E-state index contributed by atoms with van der Waals surface area (Å²) in [4.78, 5) is 15.1. The lowest BCUT2D eigenvalue weighted by Crippen LogP contribution is -2.55. The molecule has 5 N–H and O–H groups in total. The lowest BCUT2D eigenvalue weighted by Gasteiger charge is -2.36. The van der Waals surface area contributed by atoms with Gasteiger partial charge in [0.2, 0.25) is 0 Å². The molecule has 33 heavy (non-hydrogen) atoms. The van der Waals surface area contributed by atoms with E-state index in [1.807, 2.05) is 0 Å². The van der Waals surface area contributed by atoms with Gasteiger partial charge >= 0.3 is 6.03 Å². The molecule has 0 spiro atoms. The van der Waals surface area contributed by atoms with Crippen molar-refractivity contribution < 1.29 is 28.2 Å². The van der Waals surface area contributed by atoms with Crippen LogP contribution in [-0.2, 0) is 0 Å². The second-order valence-corrected chi connectivity index (χ2v) is 8.98. The number of amides is 2. The van der Waals surface area contributed by atoms with Crippen molar-refractivity contribution in [2.75, 3.05) is 19.8 Å². The number of aliphatic hydroxyl groups excluding tert-OH is 2. The van der Waals surface area contributed by atoms with Crippen LogP contribution in [0, 0.1) is 23.4 Å². The third kappa shape index (κ3) is 4.69. The van der Waals surface area contributed by atoms with Gasteiger partial charge in [-0.25, -0.2) is 18.0 Å². The van der Waals surface area contributed by atoms with E-state index in [0.717, 1.165) is 11.6 Å². The number of hydrogen-bond donors (Lipinski definition) is 5. The third-order valence-electron chi connectivity index (χ3n) is 6.31. The summed E-state index contributed by atoms with van der Waals surface area (Å²) >= 11 is 0. The highest BCUT2D eigenvalue weighted by atomic mass is 19.1. The van der Waals surface area contributed by atoms with Gasteiger partial charge in [-0.1, -0.05) is 0 Å². The van der Waals surface area contributed by atoms with Gasteiger partial charge in [-0.3, -0.25) is 0 Å². The Morgan fingerprint density at radius 1 is 1.09 bits per heavy atom. The summed E-state index contributed by atoms with van der Waals surface area (Å²) in [6.07, 6.45) is 1.38. The standard InChI is InChI=1S/C24H26F3N3O3/c1-24(11-31,12-32)30-23(33)28-10-13-6-15(7-13)20-18-8-17(26)9-19(27)22(18)29-21(20)14-2-4-16(25)5-3-14/h2-5,8-9,13,15,29,31-32H,6-7,10-12H2,1H3,(H2,28,30,33)/t13-,15-. The first-order chi connectivity index (χ1) is 15.7. The van der Waals surface area contributed by atoms with E-state index in [2.05, 4.69) is 15.6 Å². The molecule has 1 saturated carbocycles. The van der Waals surface area contributed by atoms with Crippen molar-refractivity contribution in [2.45, 2.75) is 31.2 Å². The second-order valence-electron chi connectivity index (χ2n) is 8.98. The van der Waals surface area contributed by atoms with Gasteiger partial charge < -0.3 is 25.8 Å². The molecule has 3 aromatic rings. The highest BCUT2D eigenvalue weighted by Gasteiger charge is 2.35. The SMILES string of the molecule is CC(CO)(CO)NC(=O)NC[C@H]1C[C@H](c2c(-c3ccc(F)cc3)[nH]c3c(F)cc(F)cc32)C1. The number of rotatable bonds is 7.